The molecule has 1 fully saturated rings. The molecule has 0 atom stereocenters. The van der Waals surface area contributed by atoms with E-state index in [1.54, 1.807) is 19.2 Å². The fourth-order valence-corrected chi connectivity index (χ4v) is 4.79. The Labute approximate surface area is 195 Å². The van der Waals surface area contributed by atoms with Gasteiger partial charge in [0.2, 0.25) is 0 Å². The summed E-state index contributed by atoms with van der Waals surface area (Å²) in [6.07, 6.45) is 1.77. The number of rotatable bonds is 6. The van der Waals surface area contributed by atoms with Crippen molar-refractivity contribution < 1.29 is 14.3 Å². The van der Waals surface area contributed by atoms with Crippen LogP contribution in [0.25, 0.3) is 16.8 Å². The molecule has 1 amide bonds. The van der Waals surface area contributed by atoms with Gasteiger partial charge in [-0.2, -0.15) is 0 Å². The Balaban J connectivity index is 1.64. The molecule has 1 heterocycles. The lowest BCUT2D eigenvalue weighted by Crippen LogP contribution is -2.22. The predicted molar refractivity (Wildman–Crippen MR) is 132 cm³/mol. The fraction of sp³-hybridized carbons (Fsp3) is 0.167. The van der Waals surface area contributed by atoms with Crippen LogP contribution in [0.5, 0.6) is 11.5 Å². The number of benzene rings is 3. The lowest BCUT2D eigenvalue weighted by atomic mass is 10.1. The molecule has 0 aliphatic carbocycles. The molecule has 0 aromatic heterocycles. The first kappa shape index (κ1) is 21.7. The van der Waals surface area contributed by atoms with Gasteiger partial charge in [0.15, 0.2) is 11.5 Å². The van der Waals surface area contributed by atoms with Gasteiger partial charge in [0.1, 0.15) is 10.9 Å². The number of halogens is 1. The minimum absolute atomic E-state index is 0.125. The summed E-state index contributed by atoms with van der Waals surface area (Å²) in [6.45, 7) is 2.72. The van der Waals surface area contributed by atoms with Crippen molar-refractivity contribution in [2.24, 2.45) is 0 Å². The van der Waals surface area contributed by atoms with E-state index in [4.69, 9.17) is 33.3 Å². The van der Waals surface area contributed by atoms with Crippen LogP contribution < -0.4 is 9.47 Å². The van der Waals surface area contributed by atoms with Crippen molar-refractivity contribution in [2.45, 2.75) is 13.5 Å². The molecule has 0 bridgehead atoms. The third-order valence-corrected chi connectivity index (χ3v) is 6.63. The topological polar surface area (TPSA) is 38.8 Å². The number of likely N-dealkylation sites (N-methyl/N-ethyl adjacent to an activating group) is 1. The number of nitrogens with zero attached hydrogens (tertiary/aromatic N) is 1. The first-order valence-electron chi connectivity index (χ1n) is 9.75. The van der Waals surface area contributed by atoms with E-state index in [0.29, 0.717) is 39.0 Å². The second-order valence-corrected chi connectivity index (χ2v) is 9.01. The maximum atomic E-state index is 12.3. The van der Waals surface area contributed by atoms with E-state index < -0.39 is 0 Å². The number of carbonyl (C=O) groups is 1. The quantitative estimate of drug-likeness (QED) is 0.313. The molecule has 1 aliphatic heterocycles. The van der Waals surface area contributed by atoms with Crippen LogP contribution in [0.15, 0.2) is 59.5 Å². The molecule has 0 spiro atoms. The molecular formula is C24H20ClNO3S2. The zero-order valence-corrected chi connectivity index (χ0v) is 19.4. The molecule has 7 heteroatoms. The van der Waals surface area contributed by atoms with E-state index in [2.05, 4.69) is 18.2 Å². The van der Waals surface area contributed by atoms with Gasteiger partial charge in [0, 0.05) is 7.05 Å². The van der Waals surface area contributed by atoms with E-state index in [-0.39, 0.29) is 5.91 Å². The Bertz CT molecular complexity index is 1200. The third kappa shape index (κ3) is 4.56. The summed E-state index contributed by atoms with van der Waals surface area (Å²) in [5.74, 6) is 0.894. The molecule has 3 aromatic carbocycles. The third-order valence-electron chi connectivity index (χ3n) is 4.87. The molecule has 158 valence electrons. The van der Waals surface area contributed by atoms with Crippen LogP contribution in [-0.4, -0.2) is 28.8 Å². The fourth-order valence-electron chi connectivity index (χ4n) is 3.34. The van der Waals surface area contributed by atoms with Crippen LogP contribution >= 0.6 is 35.6 Å². The standard InChI is InChI=1S/C24H20ClNO3S2/c1-3-28-20-12-15(13-21-23(27)26(2)24(30)31-21)11-19(25)22(20)29-14-17-9-6-8-16-7-4-5-10-18(16)17/h4-13H,3,14H2,1-2H3/b21-13-. The highest BCUT2D eigenvalue weighted by atomic mass is 35.5. The average molecular weight is 470 g/mol. The number of fused-ring (bicyclic) bond motifs is 1. The lowest BCUT2D eigenvalue weighted by molar-refractivity contribution is -0.121. The Morgan fingerprint density at radius 3 is 2.65 bits per heavy atom. The zero-order valence-electron chi connectivity index (χ0n) is 17.1. The van der Waals surface area contributed by atoms with Crippen molar-refractivity contribution in [1.29, 1.82) is 0 Å². The van der Waals surface area contributed by atoms with Gasteiger partial charge in [-0.05, 0) is 47.0 Å². The molecule has 4 nitrogen and oxygen atoms in total. The molecule has 0 N–H and O–H groups in total. The van der Waals surface area contributed by atoms with E-state index >= 15 is 0 Å². The average Bonchev–Trinajstić information content (AvgIpc) is 3.00. The first-order chi connectivity index (χ1) is 15.0. The van der Waals surface area contributed by atoms with Gasteiger partial charge in [-0.3, -0.25) is 9.69 Å². The molecule has 1 aliphatic rings. The summed E-state index contributed by atoms with van der Waals surface area (Å²) in [5.41, 5.74) is 1.81. The monoisotopic (exact) mass is 469 g/mol. The smallest absolute Gasteiger partial charge is 0.265 e. The largest absolute Gasteiger partial charge is 0.490 e. The van der Waals surface area contributed by atoms with Crippen molar-refractivity contribution in [2.75, 3.05) is 13.7 Å². The number of hydrogen-bond acceptors (Lipinski definition) is 5. The summed E-state index contributed by atoms with van der Waals surface area (Å²) in [6, 6.07) is 17.9. The summed E-state index contributed by atoms with van der Waals surface area (Å²) in [4.78, 5) is 14.3. The second-order valence-electron chi connectivity index (χ2n) is 6.93. The maximum absolute atomic E-state index is 12.3. The van der Waals surface area contributed by atoms with E-state index in [1.165, 1.54) is 16.7 Å². The van der Waals surface area contributed by atoms with Crippen LogP contribution in [0.2, 0.25) is 5.02 Å². The summed E-state index contributed by atoms with van der Waals surface area (Å²) < 4.78 is 12.4. The van der Waals surface area contributed by atoms with Gasteiger partial charge in [0.05, 0.1) is 16.5 Å². The van der Waals surface area contributed by atoms with Crippen molar-refractivity contribution >= 4 is 62.7 Å². The molecule has 31 heavy (non-hydrogen) atoms. The van der Waals surface area contributed by atoms with Crippen LogP contribution in [0, 0.1) is 0 Å². The molecule has 0 saturated carbocycles. The summed E-state index contributed by atoms with van der Waals surface area (Å²) >= 11 is 13.0. The van der Waals surface area contributed by atoms with Crippen LogP contribution in [0.1, 0.15) is 18.1 Å². The normalized spacial score (nSPS) is 15.2. The van der Waals surface area contributed by atoms with Gasteiger partial charge >= 0.3 is 0 Å². The molecule has 4 rings (SSSR count). The van der Waals surface area contributed by atoms with Crippen molar-refractivity contribution in [3.63, 3.8) is 0 Å². The maximum Gasteiger partial charge on any atom is 0.265 e. The van der Waals surface area contributed by atoms with E-state index in [0.717, 1.165) is 21.9 Å². The van der Waals surface area contributed by atoms with E-state index in [1.807, 2.05) is 37.3 Å². The Morgan fingerprint density at radius 1 is 1.13 bits per heavy atom. The van der Waals surface area contributed by atoms with Crippen LogP contribution in [-0.2, 0) is 11.4 Å². The Hall–Kier alpha value is -2.54. The number of amides is 1. The van der Waals surface area contributed by atoms with Crippen molar-refractivity contribution in [1.82, 2.24) is 4.90 Å². The highest BCUT2D eigenvalue weighted by Gasteiger charge is 2.28. The highest BCUT2D eigenvalue weighted by Crippen LogP contribution is 2.39. The first-order valence-corrected chi connectivity index (χ1v) is 11.4. The van der Waals surface area contributed by atoms with Gasteiger partial charge in [0.25, 0.3) is 5.91 Å². The summed E-state index contributed by atoms with van der Waals surface area (Å²) in [5, 5.41) is 2.71. The van der Waals surface area contributed by atoms with Gasteiger partial charge < -0.3 is 9.47 Å². The highest BCUT2D eigenvalue weighted by molar-refractivity contribution is 8.26. The number of carbonyl (C=O) groups excluding carboxylic acids is 1. The number of ether oxygens (including phenoxy) is 2. The number of thiocarbonyl (C=S) groups is 1. The lowest BCUT2D eigenvalue weighted by Gasteiger charge is -2.15. The molecule has 0 radical (unpaired) electrons. The van der Waals surface area contributed by atoms with Gasteiger partial charge in [-0.1, -0.05) is 78.0 Å². The number of thioether (sulfide) groups is 1. The molecule has 1 saturated heterocycles. The van der Waals surface area contributed by atoms with E-state index in [9.17, 15) is 4.79 Å². The summed E-state index contributed by atoms with van der Waals surface area (Å²) in [7, 11) is 1.67. The van der Waals surface area contributed by atoms with Gasteiger partial charge in [-0.25, -0.2) is 0 Å². The molecule has 3 aromatic rings. The van der Waals surface area contributed by atoms with Crippen LogP contribution in [0.3, 0.4) is 0 Å². The molecule has 0 unspecified atom stereocenters. The minimum Gasteiger partial charge on any atom is -0.490 e. The van der Waals surface area contributed by atoms with Crippen molar-refractivity contribution in [3.8, 4) is 11.5 Å². The SMILES string of the molecule is CCOc1cc(/C=C2\SC(=S)N(C)C2=O)cc(Cl)c1OCc1cccc2ccccc12. The Morgan fingerprint density at radius 2 is 1.90 bits per heavy atom. The van der Waals surface area contributed by atoms with Crippen LogP contribution in [0.4, 0.5) is 0 Å². The predicted octanol–water partition coefficient (Wildman–Crippen LogP) is 6.30. The Kier molecular flexibility index (Phi) is 6.51. The van der Waals surface area contributed by atoms with Gasteiger partial charge in [-0.15, -0.1) is 0 Å². The second kappa shape index (κ2) is 9.30. The zero-order chi connectivity index (χ0) is 22.0. The minimum atomic E-state index is -0.125. The number of hydrogen-bond donors (Lipinski definition) is 0. The van der Waals surface area contributed by atoms with Crippen molar-refractivity contribution in [3.05, 3.63) is 75.7 Å². The molecular weight excluding hydrogens is 450 g/mol.